The predicted octanol–water partition coefficient (Wildman–Crippen LogP) is 1.97. The summed E-state index contributed by atoms with van der Waals surface area (Å²) in [5.41, 5.74) is 1.80. The number of likely N-dealkylation sites (N-methyl/N-ethyl adjacent to an activating group) is 1. The number of carbonyl (C=O) groups is 2. The molecule has 1 amide bonds. The van der Waals surface area contributed by atoms with Gasteiger partial charge in [0.05, 0.1) is 17.6 Å². The molecule has 1 saturated heterocycles. The van der Waals surface area contributed by atoms with E-state index in [-0.39, 0.29) is 10.5 Å². The van der Waals surface area contributed by atoms with Crippen molar-refractivity contribution in [3.63, 3.8) is 0 Å². The molecule has 3 rings (SSSR count). The summed E-state index contributed by atoms with van der Waals surface area (Å²) in [7, 11) is -0.424. The van der Waals surface area contributed by atoms with Crippen molar-refractivity contribution in [2.24, 2.45) is 0 Å². The number of carbonyl (C=O) groups excluding carboxylic acids is 2. The highest BCUT2D eigenvalue weighted by molar-refractivity contribution is 7.89. The minimum atomic E-state index is -3.67. The van der Waals surface area contributed by atoms with Gasteiger partial charge < -0.3 is 15.0 Å². The number of esters is 1. The molecule has 1 N–H and O–H groups in total. The number of amides is 1. The number of rotatable bonds is 5. The van der Waals surface area contributed by atoms with Crippen LogP contribution in [0.2, 0.25) is 0 Å². The number of nitrogens with zero attached hydrogens (tertiary/aromatic N) is 2. The first kappa shape index (κ1) is 21.9. The molecule has 2 aromatic carbocycles. The van der Waals surface area contributed by atoms with Crippen molar-refractivity contribution in [1.82, 2.24) is 9.21 Å². The summed E-state index contributed by atoms with van der Waals surface area (Å²) in [5.74, 6) is -0.890. The maximum Gasteiger partial charge on any atom is 0.337 e. The Balaban J connectivity index is 1.81. The van der Waals surface area contributed by atoms with Crippen LogP contribution in [-0.4, -0.2) is 69.8 Å². The molecule has 0 spiro atoms. The van der Waals surface area contributed by atoms with Gasteiger partial charge in [-0.2, -0.15) is 4.31 Å². The van der Waals surface area contributed by atoms with E-state index in [0.29, 0.717) is 43.0 Å². The van der Waals surface area contributed by atoms with Crippen LogP contribution in [0, 0.1) is 6.92 Å². The minimum absolute atomic E-state index is 0.101. The minimum Gasteiger partial charge on any atom is -0.465 e. The van der Waals surface area contributed by atoms with Crippen LogP contribution in [0.1, 0.15) is 26.3 Å². The number of sulfonamides is 1. The Hall–Kier alpha value is -2.75. The second-order valence-corrected chi connectivity index (χ2v) is 9.15. The number of hydrogen-bond donors (Lipinski definition) is 1. The van der Waals surface area contributed by atoms with Crippen LogP contribution >= 0.6 is 0 Å². The molecule has 0 aliphatic carbocycles. The summed E-state index contributed by atoms with van der Waals surface area (Å²) in [6.07, 6.45) is 0. The van der Waals surface area contributed by atoms with Gasteiger partial charge in [-0.3, -0.25) is 4.79 Å². The molecule has 160 valence electrons. The summed E-state index contributed by atoms with van der Waals surface area (Å²) in [6, 6.07) is 10.9. The van der Waals surface area contributed by atoms with E-state index < -0.39 is 21.9 Å². The lowest BCUT2D eigenvalue weighted by Crippen LogP contribution is -2.47. The van der Waals surface area contributed by atoms with E-state index >= 15 is 0 Å². The molecule has 2 aromatic rings. The zero-order valence-electron chi connectivity index (χ0n) is 17.2. The van der Waals surface area contributed by atoms with Gasteiger partial charge in [-0.15, -0.1) is 0 Å². The molecule has 0 radical (unpaired) electrons. The number of anilines is 1. The lowest BCUT2D eigenvalue weighted by Gasteiger charge is -2.31. The number of benzene rings is 2. The third-order valence-corrected chi connectivity index (χ3v) is 7.01. The fourth-order valence-corrected chi connectivity index (χ4v) is 4.64. The molecule has 1 heterocycles. The zero-order valence-corrected chi connectivity index (χ0v) is 18.0. The van der Waals surface area contributed by atoms with Crippen LogP contribution in [0.15, 0.2) is 47.4 Å². The van der Waals surface area contributed by atoms with Crippen LogP contribution < -0.4 is 5.32 Å². The number of aryl methyl sites for hydroxylation is 1. The summed E-state index contributed by atoms with van der Waals surface area (Å²) in [5, 5.41) is 2.74. The third-order valence-electron chi connectivity index (χ3n) is 5.12. The lowest BCUT2D eigenvalue weighted by atomic mass is 10.1. The number of hydrogen-bond acceptors (Lipinski definition) is 6. The molecule has 1 fully saturated rings. The van der Waals surface area contributed by atoms with E-state index in [1.165, 1.54) is 23.5 Å². The molecule has 0 atom stereocenters. The Kier molecular flexibility index (Phi) is 6.55. The molecule has 8 nitrogen and oxygen atoms in total. The van der Waals surface area contributed by atoms with E-state index in [1.807, 2.05) is 7.05 Å². The largest absolute Gasteiger partial charge is 0.465 e. The fourth-order valence-electron chi connectivity index (χ4n) is 3.19. The lowest BCUT2D eigenvalue weighted by molar-refractivity contribution is 0.0600. The SMILES string of the molecule is COC(=O)c1ccc(NC(=O)c2cc(S(=O)(=O)N3CCN(C)CC3)ccc2C)cc1. The number of methoxy groups -OCH3 is 1. The Morgan fingerprint density at radius 3 is 2.23 bits per heavy atom. The molecule has 1 aliphatic rings. The van der Waals surface area contributed by atoms with Crippen molar-refractivity contribution in [2.45, 2.75) is 11.8 Å². The maximum atomic E-state index is 13.0. The average molecular weight is 432 g/mol. The van der Waals surface area contributed by atoms with Crippen molar-refractivity contribution in [2.75, 3.05) is 45.7 Å². The van der Waals surface area contributed by atoms with Crippen LogP contribution in [0.3, 0.4) is 0 Å². The molecule has 9 heteroatoms. The van der Waals surface area contributed by atoms with E-state index in [0.717, 1.165) is 0 Å². The maximum absolute atomic E-state index is 13.0. The first-order valence-corrected chi connectivity index (χ1v) is 11.0. The topological polar surface area (TPSA) is 96.0 Å². The Morgan fingerprint density at radius 1 is 1.00 bits per heavy atom. The summed E-state index contributed by atoms with van der Waals surface area (Å²) in [6.45, 7) is 3.92. The van der Waals surface area contributed by atoms with Gasteiger partial charge in [0.1, 0.15) is 0 Å². The second-order valence-electron chi connectivity index (χ2n) is 7.21. The molecule has 0 bridgehead atoms. The van der Waals surface area contributed by atoms with Gasteiger partial charge in [0.2, 0.25) is 10.0 Å². The molecular formula is C21H25N3O5S. The van der Waals surface area contributed by atoms with Crippen molar-refractivity contribution < 1.29 is 22.7 Å². The quantitative estimate of drug-likeness (QED) is 0.728. The highest BCUT2D eigenvalue weighted by atomic mass is 32.2. The molecule has 30 heavy (non-hydrogen) atoms. The Labute approximate surface area is 176 Å². The summed E-state index contributed by atoms with van der Waals surface area (Å²) < 4.78 is 32.1. The molecule has 1 aliphatic heterocycles. The highest BCUT2D eigenvalue weighted by Crippen LogP contribution is 2.22. The third kappa shape index (κ3) is 4.69. The van der Waals surface area contributed by atoms with Crippen molar-refractivity contribution >= 4 is 27.6 Å². The monoisotopic (exact) mass is 431 g/mol. The standard InChI is InChI=1S/C21H25N3O5S/c1-15-4-9-18(30(27,28)24-12-10-23(2)11-13-24)14-19(15)20(25)22-17-7-5-16(6-8-17)21(26)29-3/h4-9,14H,10-13H2,1-3H3,(H,22,25). The van der Waals surface area contributed by atoms with Crippen LogP contribution in [-0.2, 0) is 14.8 Å². The average Bonchev–Trinajstić information content (AvgIpc) is 2.74. The smallest absolute Gasteiger partial charge is 0.337 e. The van der Waals surface area contributed by atoms with Crippen LogP contribution in [0.4, 0.5) is 5.69 Å². The van der Waals surface area contributed by atoms with Gasteiger partial charge in [0.15, 0.2) is 0 Å². The summed E-state index contributed by atoms with van der Waals surface area (Å²) >= 11 is 0. The van der Waals surface area contributed by atoms with Crippen LogP contribution in [0.25, 0.3) is 0 Å². The fraction of sp³-hybridized carbons (Fsp3) is 0.333. The number of ether oxygens (including phenoxy) is 1. The molecule has 0 saturated carbocycles. The molecule has 0 unspecified atom stereocenters. The van der Waals surface area contributed by atoms with E-state index in [2.05, 4.69) is 15.0 Å². The normalized spacial score (nSPS) is 15.6. The highest BCUT2D eigenvalue weighted by Gasteiger charge is 2.28. The van der Waals surface area contributed by atoms with Crippen molar-refractivity contribution in [3.8, 4) is 0 Å². The van der Waals surface area contributed by atoms with E-state index in [9.17, 15) is 18.0 Å². The molecular weight excluding hydrogens is 406 g/mol. The second kappa shape index (κ2) is 8.95. The first-order chi connectivity index (χ1) is 14.2. The number of nitrogens with one attached hydrogen (secondary N) is 1. The van der Waals surface area contributed by atoms with E-state index in [1.54, 1.807) is 37.3 Å². The predicted molar refractivity (Wildman–Crippen MR) is 113 cm³/mol. The van der Waals surface area contributed by atoms with Crippen molar-refractivity contribution in [1.29, 1.82) is 0 Å². The van der Waals surface area contributed by atoms with Gasteiger partial charge in [0, 0.05) is 37.4 Å². The Bertz CT molecular complexity index is 1040. The summed E-state index contributed by atoms with van der Waals surface area (Å²) in [4.78, 5) is 26.5. The van der Waals surface area contributed by atoms with Gasteiger partial charge >= 0.3 is 5.97 Å². The van der Waals surface area contributed by atoms with Gasteiger partial charge in [-0.25, -0.2) is 13.2 Å². The van der Waals surface area contributed by atoms with Crippen LogP contribution in [0.5, 0.6) is 0 Å². The van der Waals surface area contributed by atoms with Gasteiger partial charge in [-0.1, -0.05) is 6.07 Å². The van der Waals surface area contributed by atoms with Crippen molar-refractivity contribution in [3.05, 3.63) is 59.2 Å². The number of piperazine rings is 1. The Morgan fingerprint density at radius 2 is 1.63 bits per heavy atom. The van der Waals surface area contributed by atoms with E-state index in [4.69, 9.17) is 0 Å². The van der Waals surface area contributed by atoms with Gasteiger partial charge in [-0.05, 0) is 55.9 Å². The molecule has 0 aromatic heterocycles. The zero-order chi connectivity index (χ0) is 21.9. The van der Waals surface area contributed by atoms with Gasteiger partial charge in [0.25, 0.3) is 5.91 Å². The first-order valence-electron chi connectivity index (χ1n) is 9.51.